The monoisotopic (exact) mass is 273 g/mol. The van der Waals surface area contributed by atoms with Crippen molar-refractivity contribution in [2.75, 3.05) is 0 Å². The summed E-state index contributed by atoms with van der Waals surface area (Å²) >= 11 is 6.21. The lowest BCUT2D eigenvalue weighted by atomic mass is 10.1. The average molecular weight is 274 g/mol. The van der Waals surface area contributed by atoms with E-state index in [0.717, 1.165) is 5.56 Å². The van der Waals surface area contributed by atoms with Gasteiger partial charge in [-0.3, -0.25) is 4.79 Å². The molecule has 5 nitrogen and oxygen atoms in total. The van der Waals surface area contributed by atoms with Gasteiger partial charge < -0.3 is 4.42 Å². The lowest BCUT2D eigenvalue weighted by Gasteiger charge is -2.08. The molecule has 0 aliphatic heterocycles. The highest BCUT2D eigenvalue weighted by Gasteiger charge is 2.14. The van der Waals surface area contributed by atoms with Gasteiger partial charge in [-0.05, 0) is 24.3 Å². The minimum atomic E-state index is 0.263. The maximum atomic E-state index is 10.7. The van der Waals surface area contributed by atoms with E-state index in [1.54, 1.807) is 35.3 Å². The highest BCUT2D eigenvalue weighted by atomic mass is 35.5. The van der Waals surface area contributed by atoms with E-state index in [9.17, 15) is 4.79 Å². The van der Waals surface area contributed by atoms with E-state index in [0.29, 0.717) is 22.8 Å². The molecule has 2 aromatic heterocycles. The van der Waals surface area contributed by atoms with Crippen LogP contribution in [0.15, 0.2) is 47.4 Å². The van der Waals surface area contributed by atoms with Gasteiger partial charge in [0.05, 0.1) is 10.7 Å². The van der Waals surface area contributed by atoms with Crippen molar-refractivity contribution in [2.24, 2.45) is 0 Å². The summed E-state index contributed by atoms with van der Waals surface area (Å²) in [5.74, 6) is 0.814. The predicted molar refractivity (Wildman–Crippen MR) is 69.5 cm³/mol. The molecule has 0 N–H and O–H groups in total. The topological polar surface area (TPSA) is 60.9 Å². The second-order valence-electron chi connectivity index (χ2n) is 3.80. The molecule has 19 heavy (non-hydrogen) atoms. The molecule has 0 saturated heterocycles. The van der Waals surface area contributed by atoms with E-state index in [1.807, 2.05) is 6.07 Å². The second kappa shape index (κ2) is 4.70. The number of halogens is 1. The number of rotatable bonds is 3. The first-order valence-electron chi connectivity index (χ1n) is 5.48. The first-order valence-corrected chi connectivity index (χ1v) is 5.86. The largest absolute Gasteiger partial charge is 0.453 e. The molecule has 6 heteroatoms. The Bertz CT molecular complexity index is 719. The minimum absolute atomic E-state index is 0.263. The number of hydrogen-bond donors (Lipinski definition) is 0. The third-order valence-electron chi connectivity index (χ3n) is 2.64. The Morgan fingerprint density at radius 1 is 1.26 bits per heavy atom. The van der Waals surface area contributed by atoms with Gasteiger partial charge in [0.15, 0.2) is 12.0 Å². The second-order valence-corrected chi connectivity index (χ2v) is 4.20. The van der Waals surface area contributed by atoms with Crippen molar-refractivity contribution in [3.05, 3.63) is 53.8 Å². The van der Waals surface area contributed by atoms with Crippen molar-refractivity contribution in [3.63, 3.8) is 0 Å². The van der Waals surface area contributed by atoms with Crippen LogP contribution in [0.3, 0.4) is 0 Å². The number of nitrogens with zero attached hydrogens (tertiary/aromatic N) is 3. The van der Waals surface area contributed by atoms with E-state index in [4.69, 9.17) is 16.0 Å². The van der Waals surface area contributed by atoms with E-state index in [2.05, 4.69) is 10.1 Å². The third-order valence-corrected chi connectivity index (χ3v) is 2.95. The Morgan fingerprint density at radius 2 is 2.16 bits per heavy atom. The van der Waals surface area contributed by atoms with Crippen LogP contribution in [-0.4, -0.2) is 21.1 Å². The summed E-state index contributed by atoms with van der Waals surface area (Å²) in [6, 6.07) is 8.73. The van der Waals surface area contributed by atoms with E-state index >= 15 is 0 Å². The number of aromatic nitrogens is 3. The van der Waals surface area contributed by atoms with Crippen molar-refractivity contribution in [3.8, 4) is 17.0 Å². The van der Waals surface area contributed by atoms with Crippen LogP contribution < -0.4 is 0 Å². The molecule has 0 unspecified atom stereocenters. The van der Waals surface area contributed by atoms with Crippen LogP contribution in [0.4, 0.5) is 0 Å². The molecular formula is C13H8ClN3O2. The quantitative estimate of drug-likeness (QED) is 0.688. The van der Waals surface area contributed by atoms with Crippen LogP contribution in [0.1, 0.15) is 10.6 Å². The lowest BCUT2D eigenvalue weighted by Crippen LogP contribution is -1.98. The van der Waals surface area contributed by atoms with Crippen LogP contribution in [0.25, 0.3) is 17.0 Å². The van der Waals surface area contributed by atoms with Gasteiger partial charge in [-0.2, -0.15) is 5.10 Å². The zero-order valence-corrected chi connectivity index (χ0v) is 10.4. The summed E-state index contributed by atoms with van der Waals surface area (Å²) in [5.41, 5.74) is 1.40. The number of carbonyl (C=O) groups excluding carboxylic acids is 1. The zero-order valence-electron chi connectivity index (χ0n) is 9.65. The SMILES string of the molecule is O=Cc1ccc(-c2cccc(Cl)c2-n2cncn2)o1. The highest BCUT2D eigenvalue weighted by molar-refractivity contribution is 6.33. The fourth-order valence-electron chi connectivity index (χ4n) is 1.83. The molecule has 0 aliphatic carbocycles. The summed E-state index contributed by atoms with van der Waals surface area (Å²) < 4.78 is 6.98. The van der Waals surface area contributed by atoms with Gasteiger partial charge in [-0.25, -0.2) is 9.67 Å². The Kier molecular flexibility index (Phi) is 2.89. The van der Waals surface area contributed by atoms with Crippen molar-refractivity contribution in [2.45, 2.75) is 0 Å². The van der Waals surface area contributed by atoms with Gasteiger partial charge in [0.25, 0.3) is 0 Å². The molecule has 3 rings (SSSR count). The fraction of sp³-hybridized carbons (Fsp3) is 0. The molecule has 0 amide bonds. The molecule has 0 aliphatic rings. The number of carbonyl (C=O) groups is 1. The normalized spacial score (nSPS) is 10.6. The van der Waals surface area contributed by atoms with Crippen molar-refractivity contribution in [1.29, 1.82) is 0 Å². The molecule has 1 aromatic carbocycles. The number of hydrogen-bond acceptors (Lipinski definition) is 4. The van der Waals surface area contributed by atoms with E-state index in [-0.39, 0.29) is 5.76 Å². The molecule has 94 valence electrons. The number of para-hydroxylation sites is 1. The molecule has 0 saturated carbocycles. The Labute approximate surface area is 113 Å². The van der Waals surface area contributed by atoms with Crippen molar-refractivity contribution in [1.82, 2.24) is 14.8 Å². The first kappa shape index (κ1) is 11.7. The first-order chi connectivity index (χ1) is 9.29. The third kappa shape index (κ3) is 2.04. The Balaban J connectivity index is 2.21. The summed E-state index contributed by atoms with van der Waals surface area (Å²) in [6.07, 6.45) is 3.63. The van der Waals surface area contributed by atoms with Crippen molar-refractivity contribution >= 4 is 17.9 Å². The fourth-order valence-corrected chi connectivity index (χ4v) is 2.09. The van der Waals surface area contributed by atoms with Crippen molar-refractivity contribution < 1.29 is 9.21 Å². The molecule has 0 bridgehead atoms. The van der Waals surface area contributed by atoms with Crippen LogP contribution >= 0.6 is 11.6 Å². The van der Waals surface area contributed by atoms with E-state index in [1.165, 1.54) is 6.33 Å². The predicted octanol–water partition coefficient (Wildman–Crippen LogP) is 2.99. The van der Waals surface area contributed by atoms with Gasteiger partial charge in [0.2, 0.25) is 0 Å². The van der Waals surface area contributed by atoms with Crippen LogP contribution in [0.2, 0.25) is 5.02 Å². The van der Waals surface area contributed by atoms with Crippen LogP contribution in [0, 0.1) is 0 Å². The standard InChI is InChI=1S/C13H8ClN3O2/c14-11-3-1-2-10(12-5-4-9(6-18)19-12)13(11)17-8-15-7-16-17/h1-8H. The summed E-state index contributed by atoms with van der Waals surface area (Å²) in [7, 11) is 0. The summed E-state index contributed by atoms with van der Waals surface area (Å²) in [6.45, 7) is 0. The molecule has 2 heterocycles. The van der Waals surface area contributed by atoms with Gasteiger partial charge in [0, 0.05) is 5.56 Å². The maximum Gasteiger partial charge on any atom is 0.185 e. The van der Waals surface area contributed by atoms with Gasteiger partial charge in [-0.1, -0.05) is 17.7 Å². The molecule has 0 radical (unpaired) electrons. The molecule has 0 atom stereocenters. The van der Waals surface area contributed by atoms with Gasteiger partial charge >= 0.3 is 0 Å². The summed E-state index contributed by atoms with van der Waals surface area (Å²) in [5, 5.41) is 4.59. The average Bonchev–Trinajstić information content (AvgIpc) is 3.09. The molecule has 3 aromatic rings. The maximum absolute atomic E-state index is 10.7. The molecule has 0 spiro atoms. The lowest BCUT2D eigenvalue weighted by molar-refractivity contribution is 0.110. The minimum Gasteiger partial charge on any atom is -0.453 e. The van der Waals surface area contributed by atoms with Gasteiger partial charge in [-0.15, -0.1) is 0 Å². The number of furan rings is 1. The smallest absolute Gasteiger partial charge is 0.185 e. The Hall–Kier alpha value is -2.40. The van der Waals surface area contributed by atoms with Crippen LogP contribution in [-0.2, 0) is 0 Å². The molecular weight excluding hydrogens is 266 g/mol. The molecule has 0 fully saturated rings. The van der Waals surface area contributed by atoms with E-state index < -0.39 is 0 Å². The number of benzene rings is 1. The van der Waals surface area contributed by atoms with Crippen LogP contribution in [0.5, 0.6) is 0 Å². The summed E-state index contributed by atoms with van der Waals surface area (Å²) in [4.78, 5) is 14.6. The van der Waals surface area contributed by atoms with Gasteiger partial charge in [0.1, 0.15) is 18.4 Å². The Morgan fingerprint density at radius 3 is 2.84 bits per heavy atom. The number of aldehydes is 1. The zero-order chi connectivity index (χ0) is 13.2. The highest BCUT2D eigenvalue weighted by Crippen LogP contribution is 2.32.